The number of hydrogen-bond acceptors (Lipinski definition) is 7. The summed E-state index contributed by atoms with van der Waals surface area (Å²) in [5, 5.41) is 1.69. The van der Waals surface area contributed by atoms with Crippen molar-refractivity contribution in [1.82, 2.24) is 9.97 Å². The highest BCUT2D eigenvalue weighted by Crippen LogP contribution is 2.46. The average molecular weight is 511 g/mol. The predicted octanol–water partition coefficient (Wildman–Crippen LogP) is 4.05. The first kappa shape index (κ1) is 24.5. The number of amidine groups is 1. The number of carbonyl (C=O) groups is 1. The molecule has 0 bridgehead atoms. The molecule has 0 fully saturated rings. The van der Waals surface area contributed by atoms with Crippen LogP contribution in [0.15, 0.2) is 33.8 Å². The van der Waals surface area contributed by atoms with Gasteiger partial charge in [0.15, 0.2) is 0 Å². The van der Waals surface area contributed by atoms with E-state index in [0.717, 1.165) is 31.2 Å². The first-order valence-corrected chi connectivity index (χ1v) is 12.7. The van der Waals surface area contributed by atoms with Crippen molar-refractivity contribution < 1.29 is 17.8 Å². The van der Waals surface area contributed by atoms with Gasteiger partial charge in [-0.05, 0) is 51.8 Å². The molecule has 3 atom stereocenters. The lowest BCUT2D eigenvalue weighted by molar-refractivity contribution is 0.102. The van der Waals surface area contributed by atoms with E-state index >= 15 is 4.39 Å². The number of fused-ring (bicyclic) bond motifs is 1. The van der Waals surface area contributed by atoms with E-state index in [0.29, 0.717) is 13.0 Å². The van der Waals surface area contributed by atoms with Crippen molar-refractivity contribution in [2.24, 2.45) is 15.1 Å². The van der Waals surface area contributed by atoms with Crippen LogP contribution in [0.5, 0.6) is 0 Å². The highest BCUT2D eigenvalue weighted by molar-refractivity contribution is 7.96. The van der Waals surface area contributed by atoms with Crippen LogP contribution in [-0.4, -0.2) is 42.5 Å². The zero-order valence-electron chi connectivity index (χ0n) is 18.9. The molecule has 0 saturated heterocycles. The number of halogens is 3. The highest BCUT2D eigenvalue weighted by Gasteiger charge is 2.56. The lowest BCUT2D eigenvalue weighted by Crippen LogP contribution is -2.59. The summed E-state index contributed by atoms with van der Waals surface area (Å²) in [4.78, 5) is 25.3. The van der Waals surface area contributed by atoms with Crippen LogP contribution in [0.1, 0.15) is 56.2 Å². The number of anilines is 1. The van der Waals surface area contributed by atoms with Gasteiger partial charge >= 0.3 is 0 Å². The predicted molar refractivity (Wildman–Crippen MR) is 127 cm³/mol. The van der Waals surface area contributed by atoms with Crippen molar-refractivity contribution in [3.63, 3.8) is 0 Å². The zero-order valence-corrected chi connectivity index (χ0v) is 20.5. The quantitative estimate of drug-likeness (QED) is 0.645. The van der Waals surface area contributed by atoms with Gasteiger partial charge in [0.05, 0.1) is 26.2 Å². The number of nitrogens with zero attached hydrogens (tertiary/aromatic N) is 4. The summed E-state index contributed by atoms with van der Waals surface area (Å²) in [7, 11) is -2.94. The van der Waals surface area contributed by atoms with Gasteiger partial charge in [0.2, 0.25) is 0 Å². The van der Waals surface area contributed by atoms with Gasteiger partial charge in [-0.3, -0.25) is 9.79 Å². The third-order valence-electron chi connectivity index (χ3n) is 6.46. The smallest absolute Gasteiger partial charge is 0.276 e. The highest BCUT2D eigenvalue weighted by atomic mass is 35.5. The van der Waals surface area contributed by atoms with Crippen molar-refractivity contribution in [2.45, 2.75) is 55.6 Å². The first-order chi connectivity index (χ1) is 15.9. The minimum Gasteiger partial charge on any atom is -0.386 e. The van der Waals surface area contributed by atoms with Crippen molar-refractivity contribution in [3.8, 4) is 0 Å². The van der Waals surface area contributed by atoms with Crippen molar-refractivity contribution in [3.05, 3.63) is 52.4 Å². The van der Waals surface area contributed by atoms with Crippen LogP contribution in [0.2, 0.25) is 5.02 Å². The van der Waals surface area contributed by atoms with Gasteiger partial charge in [0.1, 0.15) is 45.0 Å². The molecule has 3 N–H and O–H groups in total. The molecule has 0 spiro atoms. The fourth-order valence-electron chi connectivity index (χ4n) is 4.44. The molecule has 2 aliphatic heterocycles. The fraction of sp³-hybridized carbons (Fsp3) is 0.455. The molecule has 1 amide bonds. The summed E-state index contributed by atoms with van der Waals surface area (Å²) in [6.07, 6.45) is 2.88. The maximum atomic E-state index is 15.2. The molecule has 4 heterocycles. The number of amides is 1. The van der Waals surface area contributed by atoms with Crippen molar-refractivity contribution in [2.75, 3.05) is 11.9 Å². The molecule has 2 aliphatic rings. The second-order valence-electron chi connectivity index (χ2n) is 9.03. The van der Waals surface area contributed by atoms with E-state index in [1.54, 1.807) is 20.8 Å². The van der Waals surface area contributed by atoms with E-state index in [2.05, 4.69) is 24.6 Å². The Morgan fingerprint density at radius 3 is 2.71 bits per heavy atom. The molecular formula is C22H25ClF2N6O2S. The Labute approximate surface area is 201 Å². The van der Waals surface area contributed by atoms with Crippen LogP contribution in [0.4, 0.5) is 14.6 Å². The van der Waals surface area contributed by atoms with Crippen LogP contribution in [0.3, 0.4) is 0 Å². The number of aliphatic imine (C=N–C) groups is 1. The van der Waals surface area contributed by atoms with Gasteiger partial charge in [-0.25, -0.2) is 27.3 Å². The molecule has 0 radical (unpaired) electrons. The Balaban J connectivity index is 1.80. The molecule has 2 aromatic rings. The molecule has 12 heteroatoms. The maximum Gasteiger partial charge on any atom is 0.276 e. The summed E-state index contributed by atoms with van der Waals surface area (Å²) in [5.74, 6) is -2.01. The van der Waals surface area contributed by atoms with Crippen LogP contribution in [-0.2, 0) is 15.3 Å². The van der Waals surface area contributed by atoms with Crippen LogP contribution in [0, 0.1) is 11.6 Å². The number of carbonyl (C=O) groups excluding carboxylic acids is 1. The minimum absolute atomic E-state index is 0.000446. The molecule has 2 aromatic heterocycles. The lowest BCUT2D eigenvalue weighted by atomic mass is 9.88. The van der Waals surface area contributed by atoms with Crippen LogP contribution < -0.4 is 11.1 Å². The standard InChI is InChI=1S/C22H25ClF2N6O2S/c1-21(2)20(26)31-22(3,15-6-4-5-9-28-34(15,21)33)18-14(25)7-8-16(29-18)30-19(32)17-13(23)10-12(24)11-27-17/h7-8,10-11,15H,4-6,9H2,1-3H3,(H2,26,31)(H,29,30,32)/t15-,22+,34-/m1/s1. The largest absolute Gasteiger partial charge is 0.386 e. The van der Waals surface area contributed by atoms with E-state index in [1.807, 2.05) is 0 Å². The SMILES string of the molecule is CC1(C)C(N)=N[C@](C)(c2nc(NC(=O)c3ncc(F)cc3Cl)ccc2F)[C@H]2CCCCN=[S@@]21=O. The molecule has 4 rings (SSSR count). The number of aromatic nitrogens is 2. The average Bonchev–Trinajstić information content (AvgIpc) is 2.97. The van der Waals surface area contributed by atoms with Gasteiger partial charge in [-0.15, -0.1) is 0 Å². The Bertz CT molecular complexity index is 1320. The normalized spacial score (nSPS) is 28.2. The summed E-state index contributed by atoms with van der Waals surface area (Å²) >= 11 is 5.92. The number of nitrogens with two attached hydrogens (primary N) is 1. The molecule has 34 heavy (non-hydrogen) atoms. The molecule has 0 unspecified atom stereocenters. The van der Waals surface area contributed by atoms with Gasteiger partial charge < -0.3 is 11.1 Å². The van der Waals surface area contributed by atoms with E-state index in [9.17, 15) is 13.4 Å². The molecule has 182 valence electrons. The zero-order chi connectivity index (χ0) is 24.9. The maximum absolute atomic E-state index is 15.2. The molecular weight excluding hydrogens is 486 g/mol. The second kappa shape index (κ2) is 8.53. The molecule has 0 saturated carbocycles. The van der Waals surface area contributed by atoms with Crippen molar-refractivity contribution in [1.29, 1.82) is 0 Å². The van der Waals surface area contributed by atoms with E-state index in [4.69, 9.17) is 17.3 Å². The topological polar surface area (TPSA) is 123 Å². The summed E-state index contributed by atoms with van der Waals surface area (Å²) in [6, 6.07) is 3.37. The van der Waals surface area contributed by atoms with Gasteiger partial charge in [-0.1, -0.05) is 18.0 Å². The Morgan fingerprint density at radius 2 is 2.00 bits per heavy atom. The number of nitrogens with one attached hydrogen (secondary N) is 1. The first-order valence-electron chi connectivity index (χ1n) is 10.8. The van der Waals surface area contributed by atoms with Gasteiger partial charge in [0.25, 0.3) is 5.91 Å². The third-order valence-corrected chi connectivity index (χ3v) is 10.5. The van der Waals surface area contributed by atoms with E-state index in [1.165, 1.54) is 6.07 Å². The van der Waals surface area contributed by atoms with Crippen molar-refractivity contribution >= 4 is 38.9 Å². The Morgan fingerprint density at radius 1 is 1.26 bits per heavy atom. The minimum atomic E-state index is -2.94. The second-order valence-corrected chi connectivity index (χ2v) is 12.4. The summed E-state index contributed by atoms with van der Waals surface area (Å²) < 4.78 is 46.3. The molecule has 0 aromatic carbocycles. The van der Waals surface area contributed by atoms with E-state index in [-0.39, 0.29) is 28.1 Å². The number of hydrogen-bond donors (Lipinski definition) is 2. The van der Waals surface area contributed by atoms with Crippen LogP contribution in [0.25, 0.3) is 0 Å². The van der Waals surface area contributed by atoms with E-state index < -0.39 is 42.8 Å². The molecule has 0 aliphatic carbocycles. The summed E-state index contributed by atoms with van der Waals surface area (Å²) in [5.41, 5.74) is 4.59. The fourth-order valence-corrected chi connectivity index (χ4v) is 7.91. The number of pyridine rings is 2. The van der Waals surface area contributed by atoms with Gasteiger partial charge in [-0.2, -0.15) is 0 Å². The third kappa shape index (κ3) is 3.84. The summed E-state index contributed by atoms with van der Waals surface area (Å²) in [6.45, 7) is 5.57. The number of rotatable bonds is 3. The molecule has 8 nitrogen and oxygen atoms in total. The lowest BCUT2D eigenvalue weighted by Gasteiger charge is -2.45. The Hall–Kier alpha value is -2.66. The monoisotopic (exact) mass is 510 g/mol. The van der Waals surface area contributed by atoms with Crippen LogP contribution >= 0.6 is 11.6 Å². The van der Waals surface area contributed by atoms with Gasteiger partial charge in [0, 0.05) is 6.54 Å². The Kier molecular flexibility index (Phi) is 6.14.